The lowest BCUT2D eigenvalue weighted by atomic mass is 9.46. The van der Waals surface area contributed by atoms with Gasteiger partial charge in [0.25, 0.3) is 0 Å². The van der Waals surface area contributed by atoms with Crippen LogP contribution in [0, 0.1) is 35.0 Å². The monoisotopic (exact) mass is 204 g/mol. The minimum Gasteiger partial charge on any atom is -0.0850 e. The van der Waals surface area contributed by atoms with Gasteiger partial charge in [-0.3, -0.25) is 0 Å². The molecule has 3 aliphatic carbocycles. The molecule has 3 aliphatic rings. The van der Waals surface area contributed by atoms with Crippen LogP contribution in [0.1, 0.15) is 47.0 Å². The first-order valence-electron chi connectivity index (χ1n) is 6.72. The first kappa shape index (κ1) is 9.93. The summed E-state index contributed by atoms with van der Waals surface area (Å²) in [5.41, 5.74) is 2.43. The van der Waals surface area contributed by atoms with E-state index in [2.05, 4.69) is 33.8 Å². The first-order chi connectivity index (χ1) is 7.05. The molecular weight excluding hydrogens is 180 g/mol. The molecule has 2 fully saturated rings. The van der Waals surface area contributed by atoms with Crippen molar-refractivity contribution in [1.82, 2.24) is 0 Å². The van der Waals surface area contributed by atoms with Gasteiger partial charge in [0.1, 0.15) is 0 Å². The van der Waals surface area contributed by atoms with Crippen molar-refractivity contribution in [2.24, 2.45) is 35.0 Å². The smallest absolute Gasteiger partial charge is 0.0133 e. The molecule has 1 unspecified atom stereocenters. The molecule has 0 spiro atoms. The summed E-state index contributed by atoms with van der Waals surface area (Å²) in [6, 6.07) is 0. The summed E-state index contributed by atoms with van der Waals surface area (Å²) in [7, 11) is 0. The van der Waals surface area contributed by atoms with Crippen LogP contribution in [0.2, 0.25) is 0 Å². The second-order valence-corrected chi connectivity index (χ2v) is 6.79. The molecule has 84 valence electrons. The van der Waals surface area contributed by atoms with Crippen molar-refractivity contribution in [3.05, 3.63) is 11.6 Å². The molecule has 0 radical (unpaired) electrons. The second-order valence-electron chi connectivity index (χ2n) is 6.79. The van der Waals surface area contributed by atoms with Crippen molar-refractivity contribution >= 4 is 0 Å². The Morgan fingerprint density at radius 2 is 2.13 bits per heavy atom. The summed E-state index contributed by atoms with van der Waals surface area (Å²) in [4.78, 5) is 0. The quantitative estimate of drug-likeness (QED) is 0.559. The number of allylic oxidation sites excluding steroid dienone is 2. The molecule has 0 nitrogen and oxygen atoms in total. The van der Waals surface area contributed by atoms with Crippen molar-refractivity contribution in [3.8, 4) is 0 Å². The lowest BCUT2D eigenvalue weighted by Crippen LogP contribution is -2.53. The van der Waals surface area contributed by atoms with Crippen LogP contribution in [-0.2, 0) is 0 Å². The average molecular weight is 204 g/mol. The summed E-state index contributed by atoms with van der Waals surface area (Å²) in [5, 5.41) is 0. The SMILES string of the molecule is CC1=CC[C@@H]2[C@H]1[C@H]1[C@H](C(C)C)CCC12C. The van der Waals surface area contributed by atoms with Crippen molar-refractivity contribution in [3.63, 3.8) is 0 Å². The van der Waals surface area contributed by atoms with Crippen LogP contribution >= 0.6 is 0 Å². The van der Waals surface area contributed by atoms with Gasteiger partial charge in [-0.15, -0.1) is 0 Å². The highest BCUT2D eigenvalue weighted by Gasteiger charge is 2.65. The molecule has 0 heterocycles. The molecule has 0 aromatic carbocycles. The van der Waals surface area contributed by atoms with Crippen molar-refractivity contribution in [1.29, 1.82) is 0 Å². The minimum absolute atomic E-state index is 0.716. The summed E-state index contributed by atoms with van der Waals surface area (Å²) in [6.45, 7) is 9.81. The van der Waals surface area contributed by atoms with Gasteiger partial charge in [0, 0.05) is 0 Å². The van der Waals surface area contributed by atoms with Crippen LogP contribution < -0.4 is 0 Å². The molecule has 0 N–H and O–H groups in total. The fourth-order valence-electron chi connectivity index (χ4n) is 5.18. The Balaban J connectivity index is 1.91. The Kier molecular flexibility index (Phi) is 1.92. The van der Waals surface area contributed by atoms with Crippen LogP contribution in [0.15, 0.2) is 11.6 Å². The molecule has 0 heteroatoms. The van der Waals surface area contributed by atoms with E-state index in [9.17, 15) is 0 Å². The van der Waals surface area contributed by atoms with Gasteiger partial charge in [0.15, 0.2) is 0 Å². The number of rotatable bonds is 1. The average Bonchev–Trinajstić information content (AvgIpc) is 2.62. The van der Waals surface area contributed by atoms with Crippen LogP contribution in [0.5, 0.6) is 0 Å². The third-order valence-electron chi connectivity index (χ3n) is 5.98. The molecule has 0 aliphatic heterocycles. The third kappa shape index (κ3) is 1.04. The van der Waals surface area contributed by atoms with E-state index in [0.29, 0.717) is 5.41 Å². The third-order valence-corrected chi connectivity index (χ3v) is 5.98. The van der Waals surface area contributed by atoms with Crippen LogP contribution in [0.25, 0.3) is 0 Å². The van der Waals surface area contributed by atoms with Gasteiger partial charge in [0.2, 0.25) is 0 Å². The predicted octanol–water partition coefficient (Wildman–Crippen LogP) is 4.27. The topological polar surface area (TPSA) is 0 Å². The zero-order valence-electron chi connectivity index (χ0n) is 10.6. The molecule has 5 atom stereocenters. The fourth-order valence-corrected chi connectivity index (χ4v) is 5.18. The summed E-state index contributed by atoms with van der Waals surface area (Å²) >= 11 is 0. The Morgan fingerprint density at radius 1 is 1.40 bits per heavy atom. The van der Waals surface area contributed by atoms with Crippen LogP contribution in [0.4, 0.5) is 0 Å². The molecule has 0 aromatic rings. The molecule has 0 aromatic heterocycles. The van der Waals surface area contributed by atoms with Gasteiger partial charge < -0.3 is 0 Å². The first-order valence-corrected chi connectivity index (χ1v) is 6.72. The van der Waals surface area contributed by atoms with E-state index in [1.54, 1.807) is 5.57 Å². The highest BCUT2D eigenvalue weighted by Crippen LogP contribution is 2.71. The van der Waals surface area contributed by atoms with Crippen molar-refractivity contribution < 1.29 is 0 Å². The van der Waals surface area contributed by atoms with Gasteiger partial charge in [-0.1, -0.05) is 32.4 Å². The largest absolute Gasteiger partial charge is 0.0850 e. The standard InChI is InChI=1S/C15H24/c1-9(2)11-7-8-15(4)12-6-5-10(3)13(12)14(11)15/h5,9,11-14H,6-8H2,1-4H3/t11-,12+,13-,14+,15?/m0/s1. The normalized spacial score (nSPS) is 52.5. The highest BCUT2D eigenvalue weighted by molar-refractivity contribution is 5.27. The maximum Gasteiger partial charge on any atom is -0.0133 e. The Morgan fingerprint density at radius 3 is 2.80 bits per heavy atom. The molecule has 0 saturated heterocycles. The van der Waals surface area contributed by atoms with Crippen LogP contribution in [-0.4, -0.2) is 0 Å². The van der Waals surface area contributed by atoms with Gasteiger partial charge in [-0.25, -0.2) is 0 Å². The molecule has 3 rings (SSSR count). The highest BCUT2D eigenvalue weighted by atomic mass is 14.7. The number of fused-ring (bicyclic) bond motifs is 4. The molecule has 2 saturated carbocycles. The lowest BCUT2D eigenvalue weighted by Gasteiger charge is -2.57. The maximum atomic E-state index is 2.58. The zero-order valence-corrected chi connectivity index (χ0v) is 10.6. The van der Waals surface area contributed by atoms with Gasteiger partial charge in [0.05, 0.1) is 0 Å². The molecule has 15 heavy (non-hydrogen) atoms. The van der Waals surface area contributed by atoms with E-state index in [1.165, 1.54) is 19.3 Å². The van der Waals surface area contributed by atoms with Gasteiger partial charge >= 0.3 is 0 Å². The van der Waals surface area contributed by atoms with E-state index in [1.807, 2.05) is 0 Å². The molecular formula is C15H24. The van der Waals surface area contributed by atoms with Crippen LogP contribution in [0.3, 0.4) is 0 Å². The van der Waals surface area contributed by atoms with Gasteiger partial charge in [-0.2, -0.15) is 0 Å². The number of hydrogen-bond acceptors (Lipinski definition) is 0. The van der Waals surface area contributed by atoms with E-state index in [-0.39, 0.29) is 0 Å². The summed E-state index contributed by atoms with van der Waals surface area (Å²) < 4.78 is 0. The van der Waals surface area contributed by atoms with Crippen molar-refractivity contribution in [2.75, 3.05) is 0 Å². The van der Waals surface area contributed by atoms with Crippen molar-refractivity contribution in [2.45, 2.75) is 47.0 Å². The fraction of sp³-hybridized carbons (Fsp3) is 0.867. The molecule has 0 amide bonds. The van der Waals surface area contributed by atoms with E-state index in [0.717, 1.165) is 29.6 Å². The predicted molar refractivity (Wildman–Crippen MR) is 64.5 cm³/mol. The Bertz CT molecular complexity index is 312. The van der Waals surface area contributed by atoms with Gasteiger partial charge in [-0.05, 0) is 61.2 Å². The van der Waals surface area contributed by atoms with E-state index < -0.39 is 0 Å². The number of hydrogen-bond donors (Lipinski definition) is 0. The Hall–Kier alpha value is -0.260. The van der Waals surface area contributed by atoms with E-state index >= 15 is 0 Å². The summed E-state index contributed by atoms with van der Waals surface area (Å²) in [6.07, 6.45) is 6.91. The second kappa shape index (κ2) is 2.90. The summed E-state index contributed by atoms with van der Waals surface area (Å²) in [5.74, 6) is 4.93. The Labute approximate surface area is 94.1 Å². The minimum atomic E-state index is 0.716. The maximum absolute atomic E-state index is 2.58. The molecule has 0 bridgehead atoms. The van der Waals surface area contributed by atoms with E-state index in [4.69, 9.17) is 0 Å². The lowest BCUT2D eigenvalue weighted by molar-refractivity contribution is -0.0811. The zero-order chi connectivity index (χ0) is 10.8.